The molecule has 1 amide bonds. The van der Waals surface area contributed by atoms with Crippen LogP contribution in [0.3, 0.4) is 0 Å². The minimum Gasteiger partial charge on any atom is -0.353 e. The van der Waals surface area contributed by atoms with Crippen LogP contribution < -0.4 is 11.1 Å². The predicted molar refractivity (Wildman–Crippen MR) is 85.5 cm³/mol. The van der Waals surface area contributed by atoms with Gasteiger partial charge >= 0.3 is 0 Å². The van der Waals surface area contributed by atoms with Gasteiger partial charge in [-0.2, -0.15) is 0 Å². The number of amides is 1. The molecule has 1 aliphatic carbocycles. The highest BCUT2D eigenvalue weighted by molar-refractivity contribution is 5.76. The van der Waals surface area contributed by atoms with Crippen molar-refractivity contribution in [2.24, 2.45) is 17.1 Å². The Morgan fingerprint density at radius 3 is 2.40 bits per heavy atom. The lowest BCUT2D eigenvalue weighted by atomic mass is 9.69. The standard InChI is InChI=1S/C17H34N2O/c1-17(2,3)14-10-7-8-11-15(14)19-16(20)12-6-4-5-9-13-18/h14-15H,4-13,18H2,1-3H3,(H,19,20). The second-order valence-corrected chi connectivity index (χ2v) is 7.38. The third-order valence-electron chi connectivity index (χ3n) is 4.58. The van der Waals surface area contributed by atoms with Gasteiger partial charge in [0.2, 0.25) is 5.91 Å². The first kappa shape index (κ1) is 17.5. The van der Waals surface area contributed by atoms with Crippen molar-refractivity contribution >= 4 is 5.91 Å². The average Bonchev–Trinajstić information content (AvgIpc) is 2.38. The van der Waals surface area contributed by atoms with Crippen molar-refractivity contribution in [2.45, 2.75) is 84.6 Å². The van der Waals surface area contributed by atoms with E-state index in [4.69, 9.17) is 5.73 Å². The summed E-state index contributed by atoms with van der Waals surface area (Å²) in [6, 6.07) is 0.389. The Labute approximate surface area is 125 Å². The summed E-state index contributed by atoms with van der Waals surface area (Å²) in [6.07, 6.45) is 10.0. The molecule has 0 aliphatic heterocycles. The number of carbonyl (C=O) groups excluding carboxylic acids is 1. The van der Waals surface area contributed by atoms with Crippen LogP contribution >= 0.6 is 0 Å². The fourth-order valence-corrected chi connectivity index (χ4v) is 3.40. The Hall–Kier alpha value is -0.570. The highest BCUT2D eigenvalue weighted by Gasteiger charge is 2.34. The van der Waals surface area contributed by atoms with Gasteiger partial charge in [0, 0.05) is 12.5 Å². The second kappa shape index (κ2) is 8.66. The van der Waals surface area contributed by atoms with E-state index >= 15 is 0 Å². The fourth-order valence-electron chi connectivity index (χ4n) is 3.40. The van der Waals surface area contributed by atoms with E-state index in [1.54, 1.807) is 0 Å². The zero-order valence-electron chi connectivity index (χ0n) is 13.7. The molecule has 3 N–H and O–H groups in total. The summed E-state index contributed by atoms with van der Waals surface area (Å²) in [6.45, 7) is 7.67. The number of carbonyl (C=O) groups is 1. The highest BCUT2D eigenvalue weighted by Crippen LogP contribution is 2.38. The minimum atomic E-state index is 0.249. The lowest BCUT2D eigenvalue weighted by Crippen LogP contribution is -2.46. The molecule has 0 aromatic carbocycles. The molecule has 1 saturated carbocycles. The summed E-state index contributed by atoms with van der Waals surface area (Å²) >= 11 is 0. The van der Waals surface area contributed by atoms with Crippen LogP contribution in [0.5, 0.6) is 0 Å². The highest BCUT2D eigenvalue weighted by atomic mass is 16.1. The molecule has 0 bridgehead atoms. The van der Waals surface area contributed by atoms with Crippen molar-refractivity contribution in [3.63, 3.8) is 0 Å². The summed E-state index contributed by atoms with van der Waals surface area (Å²) in [5.74, 6) is 0.872. The summed E-state index contributed by atoms with van der Waals surface area (Å²) in [5.41, 5.74) is 5.76. The summed E-state index contributed by atoms with van der Waals surface area (Å²) in [5, 5.41) is 3.30. The van der Waals surface area contributed by atoms with Gasteiger partial charge in [-0.25, -0.2) is 0 Å². The van der Waals surface area contributed by atoms with Crippen LogP contribution in [-0.4, -0.2) is 18.5 Å². The van der Waals surface area contributed by atoms with Crippen LogP contribution in [0.2, 0.25) is 0 Å². The molecule has 1 aliphatic rings. The van der Waals surface area contributed by atoms with E-state index in [1.807, 2.05) is 0 Å². The van der Waals surface area contributed by atoms with Gasteiger partial charge in [-0.1, -0.05) is 46.5 Å². The third kappa shape index (κ3) is 6.25. The van der Waals surface area contributed by atoms with Gasteiger partial charge in [0.25, 0.3) is 0 Å². The van der Waals surface area contributed by atoms with Crippen molar-refractivity contribution in [2.75, 3.05) is 6.54 Å². The lowest BCUT2D eigenvalue weighted by Gasteiger charge is -2.40. The minimum absolute atomic E-state index is 0.249. The summed E-state index contributed by atoms with van der Waals surface area (Å²) in [4.78, 5) is 12.1. The SMILES string of the molecule is CC(C)(C)C1CCCCC1NC(=O)CCCCCCN. The predicted octanol–water partition coefficient (Wildman–Crippen LogP) is 3.62. The zero-order valence-corrected chi connectivity index (χ0v) is 13.7. The van der Waals surface area contributed by atoms with E-state index < -0.39 is 0 Å². The van der Waals surface area contributed by atoms with Crippen LogP contribution in [0.1, 0.15) is 78.6 Å². The van der Waals surface area contributed by atoms with Gasteiger partial charge in [0.15, 0.2) is 0 Å². The molecule has 1 fully saturated rings. The largest absolute Gasteiger partial charge is 0.353 e. The topological polar surface area (TPSA) is 55.1 Å². The number of nitrogens with two attached hydrogens (primary N) is 1. The normalized spacial score (nSPS) is 23.6. The Balaban J connectivity index is 2.31. The monoisotopic (exact) mass is 282 g/mol. The lowest BCUT2D eigenvalue weighted by molar-refractivity contribution is -0.122. The van der Waals surface area contributed by atoms with Crippen molar-refractivity contribution in [3.8, 4) is 0 Å². The van der Waals surface area contributed by atoms with E-state index in [-0.39, 0.29) is 5.91 Å². The molecule has 0 radical (unpaired) electrons. The van der Waals surface area contributed by atoms with Crippen molar-refractivity contribution in [3.05, 3.63) is 0 Å². The smallest absolute Gasteiger partial charge is 0.220 e. The first-order valence-electron chi connectivity index (χ1n) is 8.44. The van der Waals surface area contributed by atoms with E-state index in [9.17, 15) is 4.79 Å². The molecule has 0 spiro atoms. The van der Waals surface area contributed by atoms with Gasteiger partial charge in [-0.3, -0.25) is 4.79 Å². The van der Waals surface area contributed by atoms with Gasteiger partial charge in [0.1, 0.15) is 0 Å². The van der Waals surface area contributed by atoms with Crippen LogP contribution in [0, 0.1) is 11.3 Å². The Morgan fingerprint density at radius 2 is 1.75 bits per heavy atom. The van der Waals surface area contributed by atoms with Gasteiger partial charge in [0.05, 0.1) is 0 Å². The van der Waals surface area contributed by atoms with Crippen LogP contribution in [0.25, 0.3) is 0 Å². The fraction of sp³-hybridized carbons (Fsp3) is 0.941. The van der Waals surface area contributed by atoms with Crippen LogP contribution in [-0.2, 0) is 4.79 Å². The number of nitrogens with one attached hydrogen (secondary N) is 1. The van der Waals surface area contributed by atoms with Gasteiger partial charge in [-0.05, 0) is 43.6 Å². The van der Waals surface area contributed by atoms with Crippen molar-refractivity contribution in [1.29, 1.82) is 0 Å². The van der Waals surface area contributed by atoms with Crippen LogP contribution in [0.15, 0.2) is 0 Å². The molecule has 0 heterocycles. The van der Waals surface area contributed by atoms with E-state index in [1.165, 1.54) is 19.3 Å². The van der Waals surface area contributed by atoms with E-state index in [0.29, 0.717) is 23.8 Å². The molecule has 0 aromatic heterocycles. The molecule has 3 nitrogen and oxygen atoms in total. The number of hydrogen-bond acceptors (Lipinski definition) is 2. The molecule has 2 atom stereocenters. The first-order valence-corrected chi connectivity index (χ1v) is 8.44. The molecular formula is C17H34N2O. The van der Waals surface area contributed by atoms with Gasteiger partial charge in [-0.15, -0.1) is 0 Å². The molecule has 0 saturated heterocycles. The molecule has 3 heteroatoms. The maximum Gasteiger partial charge on any atom is 0.220 e. The molecule has 20 heavy (non-hydrogen) atoms. The Bertz CT molecular complexity index is 283. The third-order valence-corrected chi connectivity index (χ3v) is 4.58. The average molecular weight is 282 g/mol. The summed E-state index contributed by atoms with van der Waals surface area (Å²) < 4.78 is 0. The number of unbranched alkanes of at least 4 members (excludes halogenated alkanes) is 3. The maximum atomic E-state index is 12.1. The molecule has 0 aromatic rings. The van der Waals surface area contributed by atoms with Crippen molar-refractivity contribution in [1.82, 2.24) is 5.32 Å². The van der Waals surface area contributed by atoms with Gasteiger partial charge < -0.3 is 11.1 Å². The Kier molecular flexibility index (Phi) is 7.57. The Morgan fingerprint density at radius 1 is 1.10 bits per heavy atom. The van der Waals surface area contributed by atoms with Crippen LogP contribution in [0.4, 0.5) is 0 Å². The molecular weight excluding hydrogens is 248 g/mol. The zero-order chi connectivity index (χ0) is 15.0. The first-order chi connectivity index (χ1) is 9.45. The number of rotatable bonds is 7. The van der Waals surface area contributed by atoms with Crippen molar-refractivity contribution < 1.29 is 4.79 Å². The molecule has 1 rings (SSSR count). The quantitative estimate of drug-likeness (QED) is 0.701. The van der Waals surface area contributed by atoms with E-state index in [0.717, 1.165) is 38.6 Å². The number of hydrogen-bond donors (Lipinski definition) is 2. The molecule has 2 unspecified atom stereocenters. The summed E-state index contributed by atoms with van der Waals surface area (Å²) in [7, 11) is 0. The second-order valence-electron chi connectivity index (χ2n) is 7.38. The molecule has 118 valence electrons. The van der Waals surface area contributed by atoms with E-state index in [2.05, 4.69) is 26.1 Å². The maximum absolute atomic E-state index is 12.1.